The number of rotatable bonds is 5. The summed E-state index contributed by atoms with van der Waals surface area (Å²) >= 11 is 0. The molecule has 2 saturated carbocycles. The highest BCUT2D eigenvalue weighted by Crippen LogP contribution is 2.53. The van der Waals surface area contributed by atoms with Crippen LogP contribution in [0, 0.1) is 10.1 Å². The first-order valence-electron chi connectivity index (χ1n) is 7.98. The lowest BCUT2D eigenvalue weighted by Crippen LogP contribution is -2.45. The second-order valence-electron chi connectivity index (χ2n) is 7.06. The third kappa shape index (κ3) is 2.59. The monoisotopic (exact) mass is 317 g/mol. The van der Waals surface area contributed by atoms with Gasteiger partial charge in [0.1, 0.15) is 6.10 Å². The maximum absolute atomic E-state index is 11.3. The van der Waals surface area contributed by atoms with Crippen LogP contribution in [0.5, 0.6) is 5.88 Å². The second-order valence-corrected chi connectivity index (χ2v) is 7.06. The largest absolute Gasteiger partial charge is 0.456 e. The van der Waals surface area contributed by atoms with Crippen LogP contribution in [0.2, 0.25) is 0 Å². The van der Waals surface area contributed by atoms with E-state index in [1.165, 1.54) is 0 Å². The van der Waals surface area contributed by atoms with Crippen molar-refractivity contribution in [3.8, 4) is 5.88 Å². The number of aliphatic imine (C=N–C) groups is 1. The molecule has 2 aliphatic carbocycles. The standard InChI is InChI=1S/C16H19N3O4/c1-15-8-16(9-15,10-22-15)17-7-11-5-6-13(18-14(11)19(20)21)23-12-3-2-4-12/h5-7,12H,2-4,8-10H2,1H3/b17-7+. The number of hydrogen-bond acceptors (Lipinski definition) is 6. The van der Waals surface area contributed by atoms with Crippen LogP contribution >= 0.6 is 0 Å². The van der Waals surface area contributed by atoms with Crippen molar-refractivity contribution in [2.75, 3.05) is 6.61 Å². The topological polar surface area (TPSA) is 86.9 Å². The van der Waals surface area contributed by atoms with Gasteiger partial charge in [0.15, 0.2) is 0 Å². The Bertz CT molecular complexity index is 678. The molecule has 0 spiro atoms. The zero-order valence-corrected chi connectivity index (χ0v) is 13.0. The number of nitrogens with zero attached hydrogens (tertiary/aromatic N) is 3. The third-order valence-electron chi connectivity index (χ3n) is 4.97. The van der Waals surface area contributed by atoms with E-state index in [-0.39, 0.29) is 23.1 Å². The van der Waals surface area contributed by atoms with E-state index < -0.39 is 4.92 Å². The summed E-state index contributed by atoms with van der Waals surface area (Å²) in [5.74, 6) is 0.111. The van der Waals surface area contributed by atoms with Gasteiger partial charge in [-0.15, -0.1) is 0 Å². The molecule has 1 aromatic heterocycles. The first-order chi connectivity index (χ1) is 11.0. The molecule has 122 valence electrons. The van der Waals surface area contributed by atoms with Gasteiger partial charge in [0.25, 0.3) is 0 Å². The van der Waals surface area contributed by atoms with Gasteiger partial charge in [-0.05, 0) is 37.2 Å². The Morgan fingerprint density at radius 3 is 2.83 bits per heavy atom. The van der Waals surface area contributed by atoms with E-state index in [1.807, 2.05) is 0 Å². The SMILES string of the molecule is CC12CC(/N=C/c3ccc(OC4CCC4)nc3[N+](=O)[O-])(CO1)C2. The molecule has 0 N–H and O–H groups in total. The molecular formula is C16H19N3O4. The smallest absolute Gasteiger partial charge is 0.376 e. The zero-order chi connectivity index (χ0) is 16.1. The molecule has 0 unspecified atom stereocenters. The molecule has 2 bridgehead atoms. The molecule has 0 atom stereocenters. The van der Waals surface area contributed by atoms with Gasteiger partial charge in [0.05, 0.1) is 23.3 Å². The molecule has 5 rings (SSSR count). The lowest BCUT2D eigenvalue weighted by molar-refractivity contribution is -0.389. The normalized spacial score (nSPS) is 32.6. The molecule has 3 heterocycles. The van der Waals surface area contributed by atoms with Crippen LogP contribution < -0.4 is 4.74 Å². The summed E-state index contributed by atoms with van der Waals surface area (Å²) in [6, 6.07) is 3.34. The molecule has 0 amide bonds. The summed E-state index contributed by atoms with van der Waals surface area (Å²) in [6.45, 7) is 2.66. The number of fused-ring (bicyclic) bond motifs is 1. The summed E-state index contributed by atoms with van der Waals surface area (Å²) in [5.41, 5.74) is 0.150. The Labute approximate surface area is 133 Å². The zero-order valence-electron chi connectivity index (χ0n) is 13.0. The van der Waals surface area contributed by atoms with Crippen molar-refractivity contribution in [3.05, 3.63) is 27.8 Å². The van der Waals surface area contributed by atoms with Crippen molar-refractivity contribution >= 4 is 12.0 Å². The fourth-order valence-electron chi connectivity index (χ4n) is 3.60. The van der Waals surface area contributed by atoms with Gasteiger partial charge in [-0.3, -0.25) is 4.99 Å². The first-order valence-corrected chi connectivity index (χ1v) is 7.98. The van der Waals surface area contributed by atoms with E-state index in [0.717, 1.165) is 32.1 Å². The maximum atomic E-state index is 11.3. The van der Waals surface area contributed by atoms with Crippen LogP contribution in [0.1, 0.15) is 44.6 Å². The van der Waals surface area contributed by atoms with Crippen LogP contribution in [0.25, 0.3) is 0 Å². The quantitative estimate of drug-likeness (QED) is 0.473. The Hall–Kier alpha value is -2.02. The van der Waals surface area contributed by atoms with Crippen molar-refractivity contribution < 1.29 is 14.4 Å². The number of nitro groups is 1. The first kappa shape index (κ1) is 14.6. The van der Waals surface area contributed by atoms with E-state index in [4.69, 9.17) is 9.47 Å². The van der Waals surface area contributed by atoms with E-state index in [0.29, 0.717) is 18.1 Å². The minimum Gasteiger partial charge on any atom is -0.456 e. The summed E-state index contributed by atoms with van der Waals surface area (Å²) < 4.78 is 11.3. The van der Waals surface area contributed by atoms with Gasteiger partial charge >= 0.3 is 11.7 Å². The van der Waals surface area contributed by atoms with Crippen LogP contribution in [-0.4, -0.2) is 40.0 Å². The van der Waals surface area contributed by atoms with Crippen molar-refractivity contribution in [2.45, 2.75) is 56.3 Å². The molecule has 1 aromatic rings. The molecule has 2 aliphatic heterocycles. The number of ether oxygens (including phenoxy) is 2. The highest BCUT2D eigenvalue weighted by atomic mass is 16.6. The van der Waals surface area contributed by atoms with Crippen LogP contribution in [0.4, 0.5) is 5.82 Å². The number of aromatic nitrogens is 1. The molecular weight excluding hydrogens is 298 g/mol. The van der Waals surface area contributed by atoms with Gasteiger partial charge in [0.2, 0.25) is 0 Å². The molecule has 0 aromatic carbocycles. The molecule has 0 radical (unpaired) electrons. The third-order valence-corrected chi connectivity index (χ3v) is 4.97. The highest BCUT2D eigenvalue weighted by molar-refractivity contribution is 5.84. The summed E-state index contributed by atoms with van der Waals surface area (Å²) in [6.07, 6.45) is 6.57. The molecule has 4 aliphatic rings. The van der Waals surface area contributed by atoms with Gasteiger partial charge in [0, 0.05) is 30.1 Å². The predicted molar refractivity (Wildman–Crippen MR) is 83.1 cm³/mol. The molecule has 4 fully saturated rings. The van der Waals surface area contributed by atoms with Crippen LogP contribution in [0.15, 0.2) is 17.1 Å². The summed E-state index contributed by atoms with van der Waals surface area (Å²) in [7, 11) is 0. The van der Waals surface area contributed by atoms with Crippen molar-refractivity contribution in [1.29, 1.82) is 0 Å². The molecule has 7 nitrogen and oxygen atoms in total. The lowest BCUT2D eigenvalue weighted by atomic mass is 9.70. The fourth-order valence-corrected chi connectivity index (χ4v) is 3.60. The van der Waals surface area contributed by atoms with Crippen LogP contribution in [0.3, 0.4) is 0 Å². The summed E-state index contributed by atoms with van der Waals surface area (Å²) in [5, 5.41) is 11.3. The Balaban J connectivity index is 1.54. The van der Waals surface area contributed by atoms with E-state index >= 15 is 0 Å². The van der Waals surface area contributed by atoms with Crippen molar-refractivity contribution in [1.82, 2.24) is 4.98 Å². The minimum atomic E-state index is -0.483. The lowest BCUT2D eigenvalue weighted by Gasteiger charge is -2.39. The number of hydrogen-bond donors (Lipinski definition) is 0. The highest BCUT2D eigenvalue weighted by Gasteiger charge is 2.59. The fraction of sp³-hybridized carbons (Fsp3) is 0.625. The predicted octanol–water partition coefficient (Wildman–Crippen LogP) is 2.66. The van der Waals surface area contributed by atoms with Gasteiger partial charge in [-0.1, -0.05) is 0 Å². The Morgan fingerprint density at radius 2 is 2.26 bits per heavy atom. The summed E-state index contributed by atoms with van der Waals surface area (Å²) in [4.78, 5) is 19.4. The van der Waals surface area contributed by atoms with E-state index in [1.54, 1.807) is 18.3 Å². The average Bonchev–Trinajstić information content (AvgIpc) is 2.94. The Kier molecular flexibility index (Phi) is 3.16. The van der Waals surface area contributed by atoms with Crippen molar-refractivity contribution in [3.63, 3.8) is 0 Å². The Morgan fingerprint density at radius 1 is 1.48 bits per heavy atom. The van der Waals surface area contributed by atoms with E-state index in [2.05, 4.69) is 16.9 Å². The average molecular weight is 317 g/mol. The molecule has 2 saturated heterocycles. The second kappa shape index (κ2) is 4.99. The molecule has 23 heavy (non-hydrogen) atoms. The van der Waals surface area contributed by atoms with Crippen molar-refractivity contribution in [2.24, 2.45) is 4.99 Å². The van der Waals surface area contributed by atoms with E-state index in [9.17, 15) is 10.1 Å². The van der Waals surface area contributed by atoms with Crippen LogP contribution in [-0.2, 0) is 4.74 Å². The van der Waals surface area contributed by atoms with Gasteiger partial charge < -0.3 is 19.6 Å². The van der Waals surface area contributed by atoms with Gasteiger partial charge in [-0.25, -0.2) is 0 Å². The minimum absolute atomic E-state index is 0.0536. The van der Waals surface area contributed by atoms with Gasteiger partial charge in [-0.2, -0.15) is 0 Å². The number of pyridine rings is 1. The molecule has 7 heteroatoms. The maximum Gasteiger partial charge on any atom is 0.376 e.